The van der Waals surface area contributed by atoms with Gasteiger partial charge in [0.1, 0.15) is 5.84 Å². The van der Waals surface area contributed by atoms with Gasteiger partial charge in [-0.1, -0.05) is 35.5 Å². The number of nitrogens with one attached hydrogen (secondary N) is 1. The number of amidine groups is 1. The molecule has 0 radical (unpaired) electrons. The van der Waals surface area contributed by atoms with Crippen molar-refractivity contribution in [2.75, 3.05) is 12.3 Å². The van der Waals surface area contributed by atoms with Crippen LogP contribution in [0.2, 0.25) is 0 Å². The zero-order valence-corrected chi connectivity index (χ0v) is 11.8. The maximum absolute atomic E-state index is 8.74. The van der Waals surface area contributed by atoms with Crippen LogP contribution in [0.25, 0.3) is 0 Å². The van der Waals surface area contributed by atoms with Crippen molar-refractivity contribution >= 4 is 17.6 Å². The SMILES string of the molecule is N/C(CC(NCC1CCCS1)c1ccccc1)=N/O. The molecule has 1 aliphatic heterocycles. The Morgan fingerprint density at radius 1 is 1.47 bits per heavy atom. The summed E-state index contributed by atoms with van der Waals surface area (Å²) >= 11 is 2.03. The minimum atomic E-state index is 0.110. The number of benzene rings is 1. The maximum atomic E-state index is 8.74. The van der Waals surface area contributed by atoms with E-state index in [1.807, 2.05) is 30.0 Å². The third kappa shape index (κ3) is 4.44. The zero-order chi connectivity index (χ0) is 13.5. The summed E-state index contributed by atoms with van der Waals surface area (Å²) in [4.78, 5) is 0. The number of nitrogens with zero attached hydrogens (tertiary/aromatic N) is 1. The van der Waals surface area contributed by atoms with Crippen LogP contribution in [-0.2, 0) is 0 Å². The van der Waals surface area contributed by atoms with Gasteiger partial charge in [0.15, 0.2) is 0 Å². The molecule has 1 heterocycles. The molecule has 19 heavy (non-hydrogen) atoms. The summed E-state index contributed by atoms with van der Waals surface area (Å²) in [5.41, 5.74) is 6.83. The number of thioether (sulfide) groups is 1. The molecule has 2 unspecified atom stereocenters. The quantitative estimate of drug-likeness (QED) is 0.323. The smallest absolute Gasteiger partial charge is 0.141 e. The Bertz CT molecular complexity index is 404. The van der Waals surface area contributed by atoms with Crippen LogP contribution in [0.15, 0.2) is 35.5 Å². The van der Waals surface area contributed by atoms with Crippen LogP contribution < -0.4 is 11.1 Å². The molecular formula is C14H21N3OS. The summed E-state index contributed by atoms with van der Waals surface area (Å²) < 4.78 is 0. The van der Waals surface area contributed by atoms with Gasteiger partial charge < -0.3 is 16.3 Å². The van der Waals surface area contributed by atoms with Crippen LogP contribution >= 0.6 is 11.8 Å². The van der Waals surface area contributed by atoms with Gasteiger partial charge in [-0.3, -0.25) is 0 Å². The van der Waals surface area contributed by atoms with E-state index >= 15 is 0 Å². The van der Waals surface area contributed by atoms with Crippen molar-refractivity contribution in [1.29, 1.82) is 0 Å². The lowest BCUT2D eigenvalue weighted by Gasteiger charge is -2.20. The van der Waals surface area contributed by atoms with Gasteiger partial charge in [-0.2, -0.15) is 11.8 Å². The van der Waals surface area contributed by atoms with E-state index in [0.717, 1.165) is 6.54 Å². The molecule has 2 rings (SSSR count). The highest BCUT2D eigenvalue weighted by molar-refractivity contribution is 8.00. The van der Waals surface area contributed by atoms with Crippen molar-refractivity contribution in [1.82, 2.24) is 5.32 Å². The van der Waals surface area contributed by atoms with Gasteiger partial charge in [0.25, 0.3) is 0 Å². The molecule has 5 heteroatoms. The molecular weight excluding hydrogens is 258 g/mol. The molecule has 2 atom stereocenters. The maximum Gasteiger partial charge on any atom is 0.141 e. The normalized spacial score (nSPS) is 21.5. The van der Waals surface area contributed by atoms with Gasteiger partial charge in [0.2, 0.25) is 0 Å². The average Bonchev–Trinajstić information content (AvgIpc) is 2.97. The number of rotatable bonds is 6. The van der Waals surface area contributed by atoms with Gasteiger partial charge in [0.05, 0.1) is 0 Å². The molecule has 0 saturated carbocycles. The fraction of sp³-hybridized carbons (Fsp3) is 0.500. The lowest BCUT2D eigenvalue weighted by molar-refractivity contribution is 0.315. The molecule has 4 nitrogen and oxygen atoms in total. The van der Waals surface area contributed by atoms with Crippen molar-refractivity contribution in [2.45, 2.75) is 30.6 Å². The molecule has 1 saturated heterocycles. The molecule has 1 fully saturated rings. The van der Waals surface area contributed by atoms with Crippen molar-refractivity contribution in [3.05, 3.63) is 35.9 Å². The van der Waals surface area contributed by atoms with Crippen LogP contribution in [-0.4, -0.2) is 28.6 Å². The topological polar surface area (TPSA) is 70.6 Å². The van der Waals surface area contributed by atoms with E-state index in [1.54, 1.807) is 0 Å². The molecule has 0 aliphatic carbocycles. The third-order valence-electron chi connectivity index (χ3n) is 3.36. The summed E-state index contributed by atoms with van der Waals surface area (Å²) in [5.74, 6) is 1.53. The lowest BCUT2D eigenvalue weighted by Crippen LogP contribution is -2.31. The molecule has 0 aromatic heterocycles. The lowest BCUT2D eigenvalue weighted by atomic mass is 10.0. The van der Waals surface area contributed by atoms with E-state index in [-0.39, 0.29) is 11.9 Å². The van der Waals surface area contributed by atoms with Gasteiger partial charge >= 0.3 is 0 Å². The van der Waals surface area contributed by atoms with Crippen LogP contribution in [0.1, 0.15) is 30.9 Å². The Morgan fingerprint density at radius 3 is 2.89 bits per heavy atom. The highest BCUT2D eigenvalue weighted by Crippen LogP contribution is 2.26. The molecule has 1 aromatic rings. The van der Waals surface area contributed by atoms with Gasteiger partial charge in [0, 0.05) is 24.3 Å². The summed E-state index contributed by atoms with van der Waals surface area (Å²) in [7, 11) is 0. The van der Waals surface area contributed by atoms with Gasteiger partial charge in [-0.15, -0.1) is 0 Å². The zero-order valence-electron chi connectivity index (χ0n) is 11.0. The van der Waals surface area contributed by atoms with E-state index in [1.165, 1.54) is 24.2 Å². The Morgan fingerprint density at radius 2 is 2.26 bits per heavy atom. The summed E-state index contributed by atoms with van der Waals surface area (Å²) in [6.45, 7) is 0.975. The Kier molecular flexibility index (Phi) is 5.54. The third-order valence-corrected chi connectivity index (χ3v) is 4.76. The average molecular weight is 279 g/mol. The van der Waals surface area contributed by atoms with E-state index in [9.17, 15) is 0 Å². The summed E-state index contributed by atoms with van der Waals surface area (Å²) in [6.07, 6.45) is 3.12. The molecule has 1 aromatic carbocycles. The fourth-order valence-corrected chi connectivity index (χ4v) is 3.54. The second kappa shape index (κ2) is 7.40. The van der Waals surface area contributed by atoms with Crippen molar-refractivity contribution < 1.29 is 5.21 Å². The molecule has 0 amide bonds. The van der Waals surface area contributed by atoms with E-state index in [4.69, 9.17) is 10.9 Å². The number of oxime groups is 1. The monoisotopic (exact) mass is 279 g/mol. The molecule has 0 spiro atoms. The standard InChI is InChI=1S/C14H21N3OS/c15-14(17-18)9-13(11-5-2-1-3-6-11)16-10-12-7-4-8-19-12/h1-3,5-6,12-13,16,18H,4,7-10H2,(H2,15,17). The first-order valence-corrected chi connectivity index (χ1v) is 7.71. The highest BCUT2D eigenvalue weighted by Gasteiger charge is 2.19. The fourth-order valence-electron chi connectivity index (χ4n) is 2.32. The van der Waals surface area contributed by atoms with Crippen LogP contribution in [0.4, 0.5) is 0 Å². The number of nitrogens with two attached hydrogens (primary N) is 1. The minimum Gasteiger partial charge on any atom is -0.409 e. The van der Waals surface area contributed by atoms with Gasteiger partial charge in [-0.25, -0.2) is 0 Å². The largest absolute Gasteiger partial charge is 0.409 e. The first-order chi connectivity index (χ1) is 9.29. The van der Waals surface area contributed by atoms with Crippen molar-refractivity contribution in [3.63, 3.8) is 0 Å². The second-order valence-electron chi connectivity index (χ2n) is 4.80. The van der Waals surface area contributed by atoms with Crippen molar-refractivity contribution in [3.8, 4) is 0 Å². The predicted octanol–water partition coefficient (Wildman–Crippen LogP) is 2.35. The van der Waals surface area contributed by atoms with Crippen molar-refractivity contribution in [2.24, 2.45) is 10.9 Å². The molecule has 4 N–H and O–H groups in total. The molecule has 0 bridgehead atoms. The Labute approximate surface area is 118 Å². The Hall–Kier alpha value is -1.20. The van der Waals surface area contributed by atoms with Crippen LogP contribution in [0, 0.1) is 0 Å². The second-order valence-corrected chi connectivity index (χ2v) is 6.21. The minimum absolute atomic E-state index is 0.110. The van der Waals surface area contributed by atoms with Crippen LogP contribution in [0.5, 0.6) is 0 Å². The number of hydrogen-bond donors (Lipinski definition) is 3. The Balaban J connectivity index is 1.97. The molecule has 104 valence electrons. The van der Waals surface area contributed by atoms with Gasteiger partial charge in [-0.05, 0) is 24.2 Å². The highest BCUT2D eigenvalue weighted by atomic mass is 32.2. The van der Waals surface area contributed by atoms with E-state index < -0.39 is 0 Å². The summed E-state index contributed by atoms with van der Waals surface area (Å²) in [5, 5.41) is 16.1. The van der Waals surface area contributed by atoms with Crippen LogP contribution in [0.3, 0.4) is 0 Å². The predicted molar refractivity (Wildman–Crippen MR) is 80.7 cm³/mol. The first-order valence-electron chi connectivity index (χ1n) is 6.66. The summed E-state index contributed by atoms with van der Waals surface area (Å²) in [6, 6.07) is 10.3. The van der Waals surface area contributed by atoms with E-state index in [0.29, 0.717) is 11.7 Å². The van der Waals surface area contributed by atoms with E-state index in [2.05, 4.69) is 22.6 Å². The number of hydrogen-bond acceptors (Lipinski definition) is 4. The molecule has 1 aliphatic rings. The first kappa shape index (κ1) is 14.2.